The lowest BCUT2D eigenvalue weighted by atomic mass is 9.95. The number of carbonyl (C=O) groups excluding carboxylic acids is 1. The third-order valence-corrected chi connectivity index (χ3v) is 5.16. The molecule has 1 amide bonds. The van der Waals surface area contributed by atoms with Crippen LogP contribution < -0.4 is 5.73 Å². The fourth-order valence-electron chi connectivity index (χ4n) is 2.04. The average Bonchev–Trinajstić information content (AvgIpc) is 2.29. The van der Waals surface area contributed by atoms with E-state index < -0.39 is 0 Å². The Morgan fingerprint density at radius 2 is 2.06 bits per heavy atom. The van der Waals surface area contributed by atoms with Gasteiger partial charge < -0.3 is 10.6 Å². The van der Waals surface area contributed by atoms with E-state index in [1.54, 1.807) is 11.8 Å². The van der Waals surface area contributed by atoms with Crippen LogP contribution in [0.3, 0.4) is 0 Å². The zero-order valence-corrected chi connectivity index (χ0v) is 11.6. The van der Waals surface area contributed by atoms with Crippen molar-refractivity contribution < 1.29 is 4.79 Å². The molecule has 0 aliphatic carbocycles. The van der Waals surface area contributed by atoms with Gasteiger partial charge in [0, 0.05) is 19.5 Å². The molecule has 0 unspecified atom stereocenters. The van der Waals surface area contributed by atoms with Crippen molar-refractivity contribution in [3.05, 3.63) is 0 Å². The molecule has 1 heterocycles. The summed E-state index contributed by atoms with van der Waals surface area (Å²) < 4.78 is -0.0850. The molecule has 0 aromatic rings. The SMILES string of the molecule is CCCC(=O)N1CCC(SC)(C(N)=S)CC1. The van der Waals surface area contributed by atoms with Crippen molar-refractivity contribution in [2.24, 2.45) is 5.73 Å². The molecule has 1 aliphatic heterocycles. The predicted molar refractivity (Wildman–Crippen MR) is 73.8 cm³/mol. The van der Waals surface area contributed by atoms with E-state index in [0.29, 0.717) is 11.4 Å². The summed E-state index contributed by atoms with van der Waals surface area (Å²) >= 11 is 6.86. The summed E-state index contributed by atoms with van der Waals surface area (Å²) in [6, 6.07) is 0. The zero-order valence-electron chi connectivity index (χ0n) is 9.99. The van der Waals surface area contributed by atoms with E-state index in [1.165, 1.54) is 0 Å². The van der Waals surface area contributed by atoms with Gasteiger partial charge in [0.1, 0.15) is 0 Å². The molecule has 0 radical (unpaired) electrons. The fourth-order valence-corrected chi connectivity index (χ4v) is 3.29. The Morgan fingerprint density at radius 1 is 1.50 bits per heavy atom. The van der Waals surface area contributed by atoms with E-state index in [-0.39, 0.29) is 10.7 Å². The normalized spacial score (nSPS) is 19.5. The second-order valence-corrected chi connectivity index (χ2v) is 5.82. The number of nitrogens with zero attached hydrogens (tertiary/aromatic N) is 1. The van der Waals surface area contributed by atoms with Crippen LogP contribution in [0.25, 0.3) is 0 Å². The molecular formula is C11H20N2OS2. The molecular weight excluding hydrogens is 240 g/mol. The summed E-state index contributed by atoms with van der Waals surface area (Å²) in [6.45, 7) is 3.61. The maximum atomic E-state index is 11.7. The molecule has 1 aliphatic rings. The van der Waals surface area contributed by atoms with Gasteiger partial charge in [0.25, 0.3) is 0 Å². The molecule has 0 saturated carbocycles. The van der Waals surface area contributed by atoms with E-state index in [0.717, 1.165) is 32.4 Å². The number of piperidine rings is 1. The van der Waals surface area contributed by atoms with Crippen molar-refractivity contribution in [1.82, 2.24) is 4.90 Å². The highest BCUT2D eigenvalue weighted by Crippen LogP contribution is 2.35. The van der Waals surface area contributed by atoms with E-state index in [9.17, 15) is 4.79 Å². The van der Waals surface area contributed by atoms with Crippen LogP contribution in [-0.4, -0.2) is 39.9 Å². The van der Waals surface area contributed by atoms with E-state index in [4.69, 9.17) is 18.0 Å². The molecule has 5 heteroatoms. The number of carbonyl (C=O) groups is 1. The van der Waals surface area contributed by atoms with Crippen LogP contribution in [0.1, 0.15) is 32.6 Å². The van der Waals surface area contributed by atoms with E-state index >= 15 is 0 Å². The Morgan fingerprint density at radius 3 is 2.44 bits per heavy atom. The average molecular weight is 260 g/mol. The van der Waals surface area contributed by atoms with Crippen LogP contribution in [0, 0.1) is 0 Å². The Hall–Kier alpha value is -0.290. The first-order valence-corrected chi connectivity index (χ1v) is 7.32. The van der Waals surface area contributed by atoms with Crippen molar-refractivity contribution in [3.63, 3.8) is 0 Å². The first kappa shape index (κ1) is 13.8. The number of amides is 1. The lowest BCUT2D eigenvalue weighted by molar-refractivity contribution is -0.132. The van der Waals surface area contributed by atoms with Crippen molar-refractivity contribution in [3.8, 4) is 0 Å². The first-order valence-electron chi connectivity index (χ1n) is 5.68. The number of thioether (sulfide) groups is 1. The number of hydrogen-bond donors (Lipinski definition) is 1. The van der Waals surface area contributed by atoms with Gasteiger partial charge in [0.2, 0.25) is 5.91 Å². The highest BCUT2D eigenvalue weighted by atomic mass is 32.2. The van der Waals surface area contributed by atoms with Crippen molar-refractivity contribution in [2.45, 2.75) is 37.4 Å². The minimum absolute atomic E-state index is 0.0850. The summed E-state index contributed by atoms with van der Waals surface area (Å²) in [5.41, 5.74) is 5.80. The lowest BCUT2D eigenvalue weighted by Gasteiger charge is -2.40. The predicted octanol–water partition coefficient (Wildman–Crippen LogP) is 1.80. The highest BCUT2D eigenvalue weighted by molar-refractivity contribution is 8.02. The number of likely N-dealkylation sites (tertiary alicyclic amines) is 1. The third-order valence-electron chi connectivity index (χ3n) is 3.23. The maximum Gasteiger partial charge on any atom is 0.222 e. The van der Waals surface area contributed by atoms with Gasteiger partial charge in [-0.25, -0.2) is 0 Å². The summed E-state index contributed by atoms with van der Waals surface area (Å²) in [7, 11) is 0. The zero-order chi connectivity index (χ0) is 12.2. The molecule has 0 aromatic carbocycles. The molecule has 0 aromatic heterocycles. The summed E-state index contributed by atoms with van der Waals surface area (Å²) in [5.74, 6) is 0.264. The Labute approximate surface area is 107 Å². The fraction of sp³-hybridized carbons (Fsp3) is 0.818. The maximum absolute atomic E-state index is 11.7. The molecule has 1 rings (SSSR count). The van der Waals surface area contributed by atoms with Gasteiger partial charge in [-0.1, -0.05) is 19.1 Å². The van der Waals surface area contributed by atoms with Crippen molar-refractivity contribution in [2.75, 3.05) is 19.3 Å². The van der Waals surface area contributed by atoms with Gasteiger partial charge in [0.15, 0.2) is 0 Å². The van der Waals surface area contributed by atoms with E-state index in [2.05, 4.69) is 0 Å². The van der Waals surface area contributed by atoms with Crippen LogP contribution in [0.4, 0.5) is 0 Å². The molecule has 16 heavy (non-hydrogen) atoms. The lowest BCUT2D eigenvalue weighted by Crippen LogP contribution is -2.50. The van der Waals surface area contributed by atoms with Gasteiger partial charge in [-0.3, -0.25) is 4.79 Å². The molecule has 1 saturated heterocycles. The van der Waals surface area contributed by atoms with Gasteiger partial charge in [-0.2, -0.15) is 11.8 Å². The van der Waals surface area contributed by atoms with Crippen molar-refractivity contribution >= 4 is 34.9 Å². The van der Waals surface area contributed by atoms with Gasteiger partial charge in [-0.05, 0) is 25.5 Å². The number of hydrogen-bond acceptors (Lipinski definition) is 3. The minimum Gasteiger partial charge on any atom is -0.392 e. The number of nitrogens with two attached hydrogens (primary N) is 1. The summed E-state index contributed by atoms with van der Waals surface area (Å²) in [4.78, 5) is 14.2. The Bertz CT molecular complexity index is 273. The Kier molecular flexibility index (Phi) is 5.05. The van der Waals surface area contributed by atoms with Gasteiger partial charge in [-0.15, -0.1) is 0 Å². The molecule has 0 spiro atoms. The van der Waals surface area contributed by atoms with Crippen molar-refractivity contribution in [1.29, 1.82) is 0 Å². The van der Waals surface area contributed by atoms with Crippen LogP contribution in [0.5, 0.6) is 0 Å². The molecule has 92 valence electrons. The minimum atomic E-state index is -0.0850. The molecule has 0 atom stereocenters. The van der Waals surface area contributed by atoms with Crippen LogP contribution >= 0.6 is 24.0 Å². The number of rotatable bonds is 4. The second-order valence-electron chi connectivity index (χ2n) is 4.19. The van der Waals surface area contributed by atoms with Crippen LogP contribution in [-0.2, 0) is 4.79 Å². The topological polar surface area (TPSA) is 46.3 Å². The molecule has 0 bridgehead atoms. The highest BCUT2D eigenvalue weighted by Gasteiger charge is 2.37. The monoisotopic (exact) mass is 260 g/mol. The third kappa shape index (κ3) is 2.88. The van der Waals surface area contributed by atoms with E-state index in [1.807, 2.05) is 18.1 Å². The number of thiocarbonyl (C=S) groups is 1. The second kappa shape index (κ2) is 5.87. The molecule has 1 fully saturated rings. The first-order chi connectivity index (χ1) is 7.55. The summed E-state index contributed by atoms with van der Waals surface area (Å²) in [5, 5.41) is 0. The largest absolute Gasteiger partial charge is 0.392 e. The van der Waals surface area contributed by atoms with Crippen LogP contribution in [0.15, 0.2) is 0 Å². The molecule has 3 nitrogen and oxygen atoms in total. The smallest absolute Gasteiger partial charge is 0.222 e. The Balaban J connectivity index is 2.56. The standard InChI is InChI=1S/C11H20N2OS2/c1-3-4-9(14)13-7-5-11(16-2,6-8-13)10(12)15/h3-8H2,1-2H3,(H2,12,15). The van der Waals surface area contributed by atoms with Gasteiger partial charge >= 0.3 is 0 Å². The van der Waals surface area contributed by atoms with Crippen LogP contribution in [0.2, 0.25) is 0 Å². The molecule has 2 N–H and O–H groups in total. The van der Waals surface area contributed by atoms with Gasteiger partial charge in [0.05, 0.1) is 9.74 Å². The quantitative estimate of drug-likeness (QED) is 0.783. The summed E-state index contributed by atoms with van der Waals surface area (Å²) in [6.07, 6.45) is 5.39.